The first-order valence-corrected chi connectivity index (χ1v) is 11.7. The van der Waals surface area contributed by atoms with Crippen molar-refractivity contribution in [1.82, 2.24) is 10.2 Å². The number of hydrogen-bond acceptors (Lipinski definition) is 5. The summed E-state index contributed by atoms with van der Waals surface area (Å²) >= 11 is 0. The summed E-state index contributed by atoms with van der Waals surface area (Å²) in [5.41, 5.74) is -0.550. The molecule has 4 rings (SSSR count). The second-order valence-corrected chi connectivity index (χ2v) is 9.05. The number of carbonyl (C=O) groups is 2. The minimum absolute atomic E-state index is 0.0577. The number of anilines is 1. The van der Waals surface area contributed by atoms with Crippen molar-refractivity contribution in [2.75, 3.05) is 37.6 Å². The molecule has 7 nitrogen and oxygen atoms in total. The van der Waals surface area contributed by atoms with Crippen molar-refractivity contribution in [3.8, 4) is 6.07 Å². The number of rotatable bonds is 5. The Balaban J connectivity index is 1.52. The molecule has 0 radical (unpaired) electrons. The molecule has 0 saturated carbocycles. The van der Waals surface area contributed by atoms with Gasteiger partial charge in [0.25, 0.3) is 5.91 Å². The summed E-state index contributed by atoms with van der Waals surface area (Å²) in [6, 6.07) is 6.93. The predicted octanol–water partition coefficient (Wildman–Crippen LogP) is 3.91. The van der Waals surface area contributed by atoms with E-state index in [1.165, 1.54) is 24.7 Å². The number of nitriles is 1. The van der Waals surface area contributed by atoms with Gasteiger partial charge in [0.2, 0.25) is 5.91 Å². The van der Waals surface area contributed by atoms with E-state index in [1.54, 1.807) is 17.0 Å². The number of furan rings is 1. The van der Waals surface area contributed by atoms with Crippen LogP contribution in [0, 0.1) is 29.1 Å². The van der Waals surface area contributed by atoms with Crippen molar-refractivity contribution in [2.45, 2.75) is 25.9 Å². The van der Waals surface area contributed by atoms with Gasteiger partial charge in [0.1, 0.15) is 6.26 Å². The van der Waals surface area contributed by atoms with Crippen LogP contribution in [0.1, 0.15) is 41.3 Å². The zero-order valence-electron chi connectivity index (χ0n) is 19.3. The highest BCUT2D eigenvalue weighted by atomic mass is 19.4. The van der Waals surface area contributed by atoms with Crippen molar-refractivity contribution in [1.29, 1.82) is 5.26 Å². The van der Waals surface area contributed by atoms with Crippen molar-refractivity contribution in [3.63, 3.8) is 0 Å². The van der Waals surface area contributed by atoms with Crippen molar-refractivity contribution < 1.29 is 27.2 Å². The smallest absolute Gasteiger partial charge is 0.417 e. The van der Waals surface area contributed by atoms with Crippen molar-refractivity contribution in [3.05, 3.63) is 53.5 Å². The molecule has 0 aliphatic carbocycles. The Morgan fingerprint density at radius 2 is 1.94 bits per heavy atom. The second-order valence-electron chi connectivity index (χ2n) is 9.05. The molecule has 186 valence electrons. The first kappa shape index (κ1) is 24.6. The van der Waals surface area contributed by atoms with Crippen molar-refractivity contribution >= 4 is 17.5 Å². The monoisotopic (exact) mass is 488 g/mol. The van der Waals surface area contributed by atoms with Crippen LogP contribution in [0.25, 0.3) is 0 Å². The maximum Gasteiger partial charge on any atom is 0.417 e. The summed E-state index contributed by atoms with van der Waals surface area (Å²) in [7, 11) is 0. The SMILES string of the molecule is CCNC(=O)[C@@H]1CN(c2ccc(C#N)c(C(F)(F)F)c2)C[C@H]1C1CCN(C(=O)c2ccoc2)CC1. The van der Waals surface area contributed by atoms with Gasteiger partial charge in [-0.25, -0.2) is 0 Å². The van der Waals surface area contributed by atoms with E-state index in [0.29, 0.717) is 56.8 Å². The van der Waals surface area contributed by atoms with Gasteiger partial charge in [0, 0.05) is 38.4 Å². The number of alkyl halides is 3. The van der Waals surface area contributed by atoms with Gasteiger partial charge in [-0.05, 0) is 55.9 Å². The van der Waals surface area contributed by atoms with Crippen LogP contribution in [0.2, 0.25) is 0 Å². The fourth-order valence-corrected chi connectivity index (χ4v) is 5.26. The number of benzene rings is 1. The molecule has 2 amide bonds. The predicted molar refractivity (Wildman–Crippen MR) is 121 cm³/mol. The Kier molecular flexibility index (Phi) is 7.05. The molecule has 10 heteroatoms. The molecule has 0 spiro atoms. The van der Waals surface area contributed by atoms with E-state index < -0.39 is 17.3 Å². The van der Waals surface area contributed by atoms with Gasteiger partial charge in [-0.3, -0.25) is 9.59 Å². The quantitative estimate of drug-likeness (QED) is 0.689. The number of nitrogens with zero attached hydrogens (tertiary/aromatic N) is 3. The lowest BCUT2D eigenvalue weighted by Crippen LogP contribution is -2.43. The van der Waals surface area contributed by atoms with Crippen molar-refractivity contribution in [2.24, 2.45) is 17.8 Å². The van der Waals surface area contributed by atoms with Gasteiger partial charge in [-0.15, -0.1) is 0 Å². The maximum atomic E-state index is 13.5. The molecule has 2 aliphatic heterocycles. The molecule has 0 bridgehead atoms. The van der Waals surface area contributed by atoms with E-state index in [4.69, 9.17) is 9.68 Å². The van der Waals surface area contributed by atoms with E-state index in [0.717, 1.165) is 6.07 Å². The van der Waals surface area contributed by atoms with Crippen LogP contribution in [-0.2, 0) is 11.0 Å². The zero-order chi connectivity index (χ0) is 25.2. The summed E-state index contributed by atoms with van der Waals surface area (Å²) in [4.78, 5) is 29.1. The van der Waals surface area contributed by atoms with E-state index in [9.17, 15) is 22.8 Å². The van der Waals surface area contributed by atoms with Gasteiger partial charge in [-0.1, -0.05) is 0 Å². The Bertz CT molecular complexity index is 1100. The summed E-state index contributed by atoms with van der Waals surface area (Å²) in [5.74, 6) is -0.482. The average molecular weight is 489 g/mol. The molecule has 1 N–H and O–H groups in total. The standard InChI is InChI=1S/C25H27F3N4O3/c1-2-30-23(33)21-14-32(19-4-3-17(12-29)22(11-19)25(26,27)28)13-20(21)16-5-8-31(9-6-16)24(34)18-7-10-35-15-18/h3-4,7,10-11,15-16,20-21H,2,5-6,8-9,13-14H2,1H3,(H,30,33)/t20-,21+/m0/s1. The van der Waals surface area contributed by atoms with E-state index in [1.807, 2.05) is 11.8 Å². The van der Waals surface area contributed by atoms with Crippen LogP contribution in [0.3, 0.4) is 0 Å². The Morgan fingerprint density at radius 1 is 1.20 bits per heavy atom. The molecule has 2 atom stereocenters. The van der Waals surface area contributed by atoms with Gasteiger partial charge >= 0.3 is 6.18 Å². The zero-order valence-corrected chi connectivity index (χ0v) is 19.3. The highest BCUT2D eigenvalue weighted by Crippen LogP contribution is 2.40. The second kappa shape index (κ2) is 10.0. The van der Waals surface area contributed by atoms with Crippen LogP contribution in [-0.4, -0.2) is 49.4 Å². The van der Waals surface area contributed by atoms with Gasteiger partial charge in [0.15, 0.2) is 0 Å². The largest absolute Gasteiger partial charge is 0.472 e. The number of halogens is 3. The number of hydrogen-bond donors (Lipinski definition) is 1. The van der Waals surface area contributed by atoms with E-state index in [2.05, 4.69) is 5.32 Å². The third kappa shape index (κ3) is 5.14. The molecule has 2 saturated heterocycles. The molecule has 2 fully saturated rings. The number of likely N-dealkylation sites (tertiary alicyclic amines) is 1. The lowest BCUT2D eigenvalue weighted by Gasteiger charge is -2.36. The molecular formula is C25H27F3N4O3. The lowest BCUT2D eigenvalue weighted by molar-refractivity contribution is -0.137. The number of carbonyl (C=O) groups excluding carboxylic acids is 2. The molecule has 2 aliphatic rings. The summed E-state index contributed by atoms with van der Waals surface area (Å²) in [6.45, 7) is 4.12. The average Bonchev–Trinajstić information content (AvgIpc) is 3.54. The fourth-order valence-electron chi connectivity index (χ4n) is 5.26. The van der Waals surface area contributed by atoms with Crippen LogP contribution < -0.4 is 10.2 Å². The highest BCUT2D eigenvalue weighted by Gasteiger charge is 2.43. The molecule has 0 unspecified atom stereocenters. The minimum atomic E-state index is -4.65. The Morgan fingerprint density at radius 3 is 2.54 bits per heavy atom. The lowest BCUT2D eigenvalue weighted by atomic mass is 9.78. The van der Waals surface area contributed by atoms with Crippen LogP contribution in [0.5, 0.6) is 0 Å². The molecular weight excluding hydrogens is 461 g/mol. The van der Waals surface area contributed by atoms with Crippen LogP contribution in [0.4, 0.5) is 18.9 Å². The molecule has 35 heavy (non-hydrogen) atoms. The highest BCUT2D eigenvalue weighted by molar-refractivity contribution is 5.93. The van der Waals surface area contributed by atoms with Gasteiger partial charge < -0.3 is 19.5 Å². The molecule has 1 aromatic heterocycles. The topological polar surface area (TPSA) is 89.6 Å². The van der Waals surface area contributed by atoms with Gasteiger partial charge in [-0.2, -0.15) is 18.4 Å². The third-order valence-electron chi connectivity index (χ3n) is 7.05. The number of amides is 2. The Labute approximate surface area is 201 Å². The summed E-state index contributed by atoms with van der Waals surface area (Å²) in [6.07, 6.45) is -0.357. The van der Waals surface area contributed by atoms with E-state index in [-0.39, 0.29) is 29.6 Å². The van der Waals surface area contributed by atoms with Crippen LogP contribution >= 0.6 is 0 Å². The summed E-state index contributed by atoms with van der Waals surface area (Å²) < 4.78 is 45.5. The third-order valence-corrected chi connectivity index (χ3v) is 7.05. The Hall–Kier alpha value is -3.48. The van der Waals surface area contributed by atoms with E-state index >= 15 is 0 Å². The first-order chi connectivity index (χ1) is 16.7. The van der Waals surface area contributed by atoms with Gasteiger partial charge in [0.05, 0.1) is 34.9 Å². The summed E-state index contributed by atoms with van der Waals surface area (Å²) in [5, 5.41) is 12.0. The number of nitrogens with one attached hydrogen (secondary N) is 1. The molecule has 2 aromatic rings. The number of piperidine rings is 1. The normalized spacial score (nSPS) is 21.1. The first-order valence-electron chi connectivity index (χ1n) is 11.7. The fraction of sp³-hybridized carbons (Fsp3) is 0.480. The van der Waals surface area contributed by atoms with Crippen LogP contribution in [0.15, 0.2) is 41.2 Å². The molecule has 1 aromatic carbocycles. The minimum Gasteiger partial charge on any atom is -0.472 e. The maximum absolute atomic E-state index is 13.5. The molecule has 3 heterocycles.